The molecular weight excluding hydrogens is 308 g/mol. The van der Waals surface area contributed by atoms with E-state index in [9.17, 15) is 8.42 Å². The van der Waals surface area contributed by atoms with Gasteiger partial charge >= 0.3 is 0 Å². The smallest absolute Gasteiger partial charge is 0.283 e. The summed E-state index contributed by atoms with van der Waals surface area (Å²) in [6.07, 6.45) is 3.01. The number of rotatable bonds is 5. The minimum atomic E-state index is -3.68. The Morgan fingerprint density at radius 2 is 2.00 bits per heavy atom. The zero-order valence-corrected chi connectivity index (χ0v) is 13.4. The summed E-state index contributed by atoms with van der Waals surface area (Å²) in [4.78, 5) is 4.22. The van der Waals surface area contributed by atoms with Crippen LogP contribution in [0.1, 0.15) is 12.5 Å². The monoisotopic (exact) mass is 324 g/mol. The molecule has 0 aliphatic carbocycles. The average molecular weight is 324 g/mol. The SMILES string of the molecule is CCn1cnc(S(=O)(=O)N(C)c2ccc(C(N)=S)cc2)c1. The van der Waals surface area contributed by atoms with Gasteiger partial charge in [0.1, 0.15) is 4.99 Å². The van der Waals surface area contributed by atoms with Gasteiger partial charge in [-0.2, -0.15) is 8.42 Å². The predicted octanol–water partition coefficient (Wildman–Crippen LogP) is 1.36. The molecule has 2 aromatic rings. The minimum Gasteiger partial charge on any atom is -0.389 e. The van der Waals surface area contributed by atoms with Gasteiger partial charge in [-0.15, -0.1) is 0 Å². The topological polar surface area (TPSA) is 81.2 Å². The number of sulfonamides is 1. The maximum Gasteiger partial charge on any atom is 0.283 e. The second-order valence-electron chi connectivity index (χ2n) is 4.43. The van der Waals surface area contributed by atoms with Crippen molar-refractivity contribution in [3.05, 3.63) is 42.4 Å². The lowest BCUT2D eigenvalue weighted by Gasteiger charge is -2.18. The third kappa shape index (κ3) is 3.06. The van der Waals surface area contributed by atoms with Gasteiger partial charge in [-0.25, -0.2) is 4.98 Å². The molecule has 0 aliphatic rings. The molecule has 0 unspecified atom stereocenters. The first-order chi connectivity index (χ1) is 9.86. The van der Waals surface area contributed by atoms with E-state index in [1.807, 2.05) is 6.92 Å². The van der Waals surface area contributed by atoms with Crippen LogP contribution in [0.3, 0.4) is 0 Å². The normalized spacial score (nSPS) is 11.3. The van der Waals surface area contributed by atoms with Gasteiger partial charge in [0.05, 0.1) is 12.0 Å². The van der Waals surface area contributed by atoms with Crippen molar-refractivity contribution in [1.29, 1.82) is 0 Å². The number of imidazole rings is 1. The van der Waals surface area contributed by atoms with Gasteiger partial charge in [-0.05, 0) is 31.2 Å². The zero-order chi connectivity index (χ0) is 15.6. The molecule has 0 saturated carbocycles. The quantitative estimate of drug-likeness (QED) is 0.840. The first-order valence-electron chi connectivity index (χ1n) is 6.27. The molecule has 1 aromatic carbocycles. The lowest BCUT2D eigenvalue weighted by atomic mass is 10.2. The standard InChI is InChI=1S/C13H16N4O2S2/c1-3-17-8-12(15-9-17)21(18,19)16(2)11-6-4-10(5-7-11)13(14)20/h4-9H,3H2,1-2H3,(H2,14,20). The van der Waals surface area contributed by atoms with E-state index in [0.29, 0.717) is 17.8 Å². The van der Waals surface area contributed by atoms with E-state index in [4.69, 9.17) is 18.0 Å². The summed E-state index contributed by atoms with van der Waals surface area (Å²) in [5.74, 6) is 0. The molecule has 0 atom stereocenters. The summed E-state index contributed by atoms with van der Waals surface area (Å²) in [6.45, 7) is 2.57. The Hall–Kier alpha value is -1.93. The van der Waals surface area contributed by atoms with Crippen LogP contribution < -0.4 is 10.0 Å². The third-order valence-electron chi connectivity index (χ3n) is 3.11. The molecular formula is C13H16N4O2S2. The maximum absolute atomic E-state index is 12.5. The van der Waals surface area contributed by atoms with E-state index in [1.165, 1.54) is 23.9 Å². The highest BCUT2D eigenvalue weighted by Crippen LogP contribution is 2.21. The number of thiocarbonyl (C=S) groups is 1. The molecule has 0 radical (unpaired) electrons. The summed E-state index contributed by atoms with van der Waals surface area (Å²) >= 11 is 4.87. The molecule has 112 valence electrons. The van der Waals surface area contributed by atoms with E-state index in [1.54, 1.807) is 28.8 Å². The molecule has 1 heterocycles. The van der Waals surface area contributed by atoms with Crippen molar-refractivity contribution in [3.8, 4) is 0 Å². The summed E-state index contributed by atoms with van der Waals surface area (Å²) in [6, 6.07) is 6.69. The Bertz CT molecular complexity index is 751. The number of benzene rings is 1. The first kappa shape index (κ1) is 15.5. The molecule has 0 saturated heterocycles. The van der Waals surface area contributed by atoms with Crippen molar-refractivity contribution in [2.75, 3.05) is 11.4 Å². The van der Waals surface area contributed by atoms with Crippen LogP contribution in [0.25, 0.3) is 0 Å². The Balaban J connectivity index is 2.33. The van der Waals surface area contributed by atoms with Gasteiger partial charge in [0, 0.05) is 25.4 Å². The largest absolute Gasteiger partial charge is 0.389 e. The Morgan fingerprint density at radius 3 is 2.48 bits per heavy atom. The van der Waals surface area contributed by atoms with Crippen LogP contribution in [0.4, 0.5) is 5.69 Å². The van der Waals surface area contributed by atoms with E-state index in [-0.39, 0.29) is 10.0 Å². The van der Waals surface area contributed by atoms with Crippen LogP contribution in [-0.4, -0.2) is 30.0 Å². The van der Waals surface area contributed by atoms with Crippen LogP contribution in [0.15, 0.2) is 41.8 Å². The van der Waals surface area contributed by atoms with Crippen LogP contribution in [0, 0.1) is 0 Å². The maximum atomic E-state index is 12.5. The fourth-order valence-electron chi connectivity index (χ4n) is 1.76. The minimum absolute atomic E-state index is 0.0188. The average Bonchev–Trinajstić information content (AvgIpc) is 2.96. The molecule has 21 heavy (non-hydrogen) atoms. The fourth-order valence-corrected chi connectivity index (χ4v) is 3.03. The highest BCUT2D eigenvalue weighted by atomic mass is 32.2. The van der Waals surface area contributed by atoms with Gasteiger partial charge in [-0.3, -0.25) is 4.31 Å². The lowest BCUT2D eigenvalue weighted by Crippen LogP contribution is -2.27. The molecule has 8 heteroatoms. The number of nitrogens with zero attached hydrogens (tertiary/aromatic N) is 3. The van der Waals surface area contributed by atoms with Crippen LogP contribution in [0.2, 0.25) is 0 Å². The van der Waals surface area contributed by atoms with E-state index in [2.05, 4.69) is 4.98 Å². The molecule has 0 aliphatic heterocycles. The lowest BCUT2D eigenvalue weighted by molar-refractivity contribution is 0.591. The van der Waals surface area contributed by atoms with Crippen molar-refractivity contribution < 1.29 is 8.42 Å². The summed E-state index contributed by atoms with van der Waals surface area (Å²) in [5.41, 5.74) is 6.73. The molecule has 0 bridgehead atoms. The summed E-state index contributed by atoms with van der Waals surface area (Å²) < 4.78 is 27.8. The third-order valence-corrected chi connectivity index (χ3v) is 5.02. The van der Waals surface area contributed by atoms with Crippen LogP contribution >= 0.6 is 12.2 Å². The van der Waals surface area contributed by atoms with E-state index < -0.39 is 10.0 Å². The molecule has 0 fully saturated rings. The van der Waals surface area contributed by atoms with Gasteiger partial charge < -0.3 is 10.3 Å². The highest BCUT2D eigenvalue weighted by Gasteiger charge is 2.23. The molecule has 0 amide bonds. The molecule has 2 N–H and O–H groups in total. The Kier molecular flexibility index (Phi) is 4.29. The molecule has 2 rings (SSSR count). The van der Waals surface area contributed by atoms with Gasteiger partial charge in [0.25, 0.3) is 10.0 Å². The summed E-state index contributed by atoms with van der Waals surface area (Å²) in [7, 11) is -2.19. The fraction of sp³-hybridized carbons (Fsp3) is 0.231. The zero-order valence-electron chi connectivity index (χ0n) is 11.7. The number of anilines is 1. The van der Waals surface area contributed by atoms with Gasteiger partial charge in [0.2, 0.25) is 0 Å². The highest BCUT2D eigenvalue weighted by molar-refractivity contribution is 7.92. The van der Waals surface area contributed by atoms with Crippen molar-refractivity contribution in [2.24, 2.45) is 5.73 Å². The molecule has 1 aromatic heterocycles. The number of hydrogen-bond acceptors (Lipinski definition) is 4. The number of aryl methyl sites for hydroxylation is 1. The van der Waals surface area contributed by atoms with E-state index >= 15 is 0 Å². The second-order valence-corrected chi connectivity index (χ2v) is 6.78. The second kappa shape index (κ2) is 5.82. The van der Waals surface area contributed by atoms with Gasteiger partial charge in [-0.1, -0.05) is 12.2 Å². The van der Waals surface area contributed by atoms with Crippen molar-refractivity contribution in [1.82, 2.24) is 9.55 Å². The number of hydrogen-bond donors (Lipinski definition) is 1. The number of aromatic nitrogens is 2. The van der Waals surface area contributed by atoms with E-state index in [0.717, 1.165) is 0 Å². The Morgan fingerprint density at radius 1 is 1.38 bits per heavy atom. The van der Waals surface area contributed by atoms with Crippen LogP contribution in [0.5, 0.6) is 0 Å². The van der Waals surface area contributed by atoms with Gasteiger partial charge in [0.15, 0.2) is 5.03 Å². The number of nitrogens with two attached hydrogens (primary N) is 1. The molecule has 0 spiro atoms. The van der Waals surface area contributed by atoms with Crippen molar-refractivity contribution in [3.63, 3.8) is 0 Å². The summed E-state index contributed by atoms with van der Waals surface area (Å²) in [5, 5.41) is 0.0188. The van der Waals surface area contributed by atoms with Crippen LogP contribution in [-0.2, 0) is 16.6 Å². The molecule has 6 nitrogen and oxygen atoms in total. The predicted molar refractivity (Wildman–Crippen MR) is 85.8 cm³/mol. The first-order valence-corrected chi connectivity index (χ1v) is 8.11. The van der Waals surface area contributed by atoms with Crippen molar-refractivity contribution in [2.45, 2.75) is 18.5 Å². The van der Waals surface area contributed by atoms with Crippen molar-refractivity contribution >= 4 is 32.9 Å². The Labute approximate surface area is 129 Å².